The van der Waals surface area contributed by atoms with Crippen molar-refractivity contribution >= 4 is 11.6 Å². The Balaban J connectivity index is 1.92. The molecule has 1 aliphatic carbocycles. The highest BCUT2D eigenvalue weighted by atomic mass is 15.1. The molecule has 1 heterocycles. The highest BCUT2D eigenvalue weighted by Gasteiger charge is 2.27. The molecule has 0 amide bonds. The Kier molecular flexibility index (Phi) is 4.39. The van der Waals surface area contributed by atoms with Crippen LogP contribution in [0.5, 0.6) is 0 Å². The van der Waals surface area contributed by atoms with E-state index in [1.807, 2.05) is 13.1 Å². The Morgan fingerprint density at radius 2 is 2.00 bits per heavy atom. The van der Waals surface area contributed by atoms with Crippen LogP contribution < -0.4 is 10.6 Å². The molecule has 0 aliphatic heterocycles. The predicted molar refractivity (Wildman–Crippen MR) is 76.1 cm³/mol. The van der Waals surface area contributed by atoms with E-state index in [4.69, 9.17) is 0 Å². The van der Waals surface area contributed by atoms with Gasteiger partial charge in [-0.2, -0.15) is 0 Å². The average Bonchev–Trinajstić information content (AvgIpc) is 3.18. The molecular weight excluding hydrogens is 224 g/mol. The van der Waals surface area contributed by atoms with Crippen LogP contribution in [-0.4, -0.2) is 23.6 Å². The van der Waals surface area contributed by atoms with E-state index in [1.54, 1.807) is 0 Å². The van der Waals surface area contributed by atoms with Crippen molar-refractivity contribution in [2.75, 3.05) is 24.2 Å². The maximum Gasteiger partial charge on any atom is 0.136 e. The van der Waals surface area contributed by atoms with Gasteiger partial charge in [0.25, 0.3) is 0 Å². The summed E-state index contributed by atoms with van der Waals surface area (Å²) in [4.78, 5) is 9.11. The van der Waals surface area contributed by atoms with E-state index in [9.17, 15) is 0 Å². The minimum Gasteiger partial charge on any atom is -0.373 e. The van der Waals surface area contributed by atoms with E-state index in [-0.39, 0.29) is 0 Å². The Labute approximate surface area is 110 Å². The number of aromatic nitrogens is 2. The smallest absolute Gasteiger partial charge is 0.136 e. The van der Waals surface area contributed by atoms with E-state index < -0.39 is 0 Å². The summed E-state index contributed by atoms with van der Waals surface area (Å²) in [6.07, 6.45) is 4.92. The largest absolute Gasteiger partial charge is 0.373 e. The molecule has 0 saturated heterocycles. The molecule has 18 heavy (non-hydrogen) atoms. The Hall–Kier alpha value is -1.32. The number of rotatable bonds is 7. The second-order valence-electron chi connectivity index (χ2n) is 5.48. The molecule has 1 aliphatic rings. The molecule has 1 fully saturated rings. The van der Waals surface area contributed by atoms with Gasteiger partial charge in [-0.05, 0) is 31.6 Å². The van der Waals surface area contributed by atoms with Crippen LogP contribution >= 0.6 is 0 Å². The van der Waals surface area contributed by atoms with Crippen LogP contribution in [0.4, 0.5) is 11.6 Å². The molecule has 1 aromatic heterocycles. The molecule has 0 bridgehead atoms. The van der Waals surface area contributed by atoms with Crippen LogP contribution in [0.15, 0.2) is 6.07 Å². The number of hydrogen-bond donors (Lipinski definition) is 2. The first-order valence-corrected chi connectivity index (χ1v) is 6.99. The van der Waals surface area contributed by atoms with Crippen LogP contribution in [0.1, 0.15) is 51.3 Å². The summed E-state index contributed by atoms with van der Waals surface area (Å²) in [7, 11) is 1.90. The lowest BCUT2D eigenvalue weighted by atomic mass is 10.1. The van der Waals surface area contributed by atoms with Gasteiger partial charge in [0.2, 0.25) is 0 Å². The second kappa shape index (κ2) is 6.03. The van der Waals surface area contributed by atoms with Gasteiger partial charge in [0.1, 0.15) is 17.5 Å². The molecule has 2 N–H and O–H groups in total. The standard InChI is InChI=1S/C14H24N4/c1-10(2)5-4-8-16-13-9-12(15-3)17-14(18-13)11-6-7-11/h9-11H,4-8H2,1-3H3,(H2,15,16,17,18). The summed E-state index contributed by atoms with van der Waals surface area (Å²) in [5, 5.41) is 6.51. The lowest BCUT2D eigenvalue weighted by molar-refractivity contribution is 0.566. The zero-order chi connectivity index (χ0) is 13.0. The van der Waals surface area contributed by atoms with Crippen molar-refractivity contribution in [3.8, 4) is 0 Å². The van der Waals surface area contributed by atoms with Crippen molar-refractivity contribution in [1.29, 1.82) is 0 Å². The molecule has 0 aromatic carbocycles. The van der Waals surface area contributed by atoms with E-state index >= 15 is 0 Å². The van der Waals surface area contributed by atoms with Crippen LogP contribution in [0, 0.1) is 5.92 Å². The minimum atomic E-state index is 0.592. The third-order valence-corrected chi connectivity index (χ3v) is 3.21. The fourth-order valence-electron chi connectivity index (χ4n) is 1.94. The highest BCUT2D eigenvalue weighted by molar-refractivity contribution is 5.47. The van der Waals surface area contributed by atoms with Gasteiger partial charge in [-0.3, -0.25) is 0 Å². The van der Waals surface area contributed by atoms with Gasteiger partial charge in [-0.15, -0.1) is 0 Å². The summed E-state index contributed by atoms with van der Waals surface area (Å²) in [5.74, 6) is 4.23. The Bertz CT molecular complexity index is 385. The van der Waals surface area contributed by atoms with Gasteiger partial charge in [-0.1, -0.05) is 13.8 Å². The highest BCUT2D eigenvalue weighted by Crippen LogP contribution is 2.38. The summed E-state index contributed by atoms with van der Waals surface area (Å²) >= 11 is 0. The molecule has 0 unspecified atom stereocenters. The fraction of sp³-hybridized carbons (Fsp3) is 0.714. The number of anilines is 2. The monoisotopic (exact) mass is 248 g/mol. The van der Waals surface area contributed by atoms with Crippen molar-refractivity contribution in [3.05, 3.63) is 11.9 Å². The van der Waals surface area contributed by atoms with Gasteiger partial charge in [0.05, 0.1) is 0 Å². The zero-order valence-corrected chi connectivity index (χ0v) is 11.7. The van der Waals surface area contributed by atoms with E-state index in [1.165, 1.54) is 25.7 Å². The molecule has 0 radical (unpaired) electrons. The lowest BCUT2D eigenvalue weighted by Gasteiger charge is -2.10. The molecule has 4 nitrogen and oxygen atoms in total. The van der Waals surface area contributed by atoms with Crippen LogP contribution in [0.3, 0.4) is 0 Å². The number of nitrogens with zero attached hydrogens (tertiary/aromatic N) is 2. The fourth-order valence-corrected chi connectivity index (χ4v) is 1.94. The molecule has 100 valence electrons. The van der Waals surface area contributed by atoms with Gasteiger partial charge in [-0.25, -0.2) is 9.97 Å². The molecular formula is C14H24N4. The van der Waals surface area contributed by atoms with Crippen LogP contribution in [0.2, 0.25) is 0 Å². The Morgan fingerprint density at radius 3 is 2.61 bits per heavy atom. The maximum atomic E-state index is 4.60. The molecule has 1 aromatic rings. The van der Waals surface area contributed by atoms with Gasteiger partial charge in [0.15, 0.2) is 0 Å². The predicted octanol–water partition coefficient (Wildman–Crippen LogP) is 3.24. The van der Waals surface area contributed by atoms with Crippen molar-refractivity contribution in [3.63, 3.8) is 0 Å². The third-order valence-electron chi connectivity index (χ3n) is 3.21. The van der Waals surface area contributed by atoms with Crippen molar-refractivity contribution in [1.82, 2.24) is 9.97 Å². The molecule has 4 heteroatoms. The van der Waals surface area contributed by atoms with Gasteiger partial charge >= 0.3 is 0 Å². The molecule has 0 spiro atoms. The first kappa shape index (κ1) is 13.1. The Morgan fingerprint density at radius 1 is 1.28 bits per heavy atom. The summed E-state index contributed by atoms with van der Waals surface area (Å²) in [6, 6.07) is 1.99. The molecule has 0 atom stereocenters. The SMILES string of the molecule is CNc1cc(NCCCC(C)C)nc(C2CC2)n1. The van der Waals surface area contributed by atoms with Crippen molar-refractivity contribution in [2.45, 2.75) is 45.4 Å². The van der Waals surface area contributed by atoms with E-state index in [0.717, 1.165) is 29.9 Å². The molecule has 1 saturated carbocycles. The van der Waals surface area contributed by atoms with E-state index in [2.05, 4.69) is 34.4 Å². The normalized spacial score (nSPS) is 14.9. The van der Waals surface area contributed by atoms with Gasteiger partial charge < -0.3 is 10.6 Å². The summed E-state index contributed by atoms with van der Waals surface area (Å²) in [5.41, 5.74) is 0. The van der Waals surface area contributed by atoms with Gasteiger partial charge in [0, 0.05) is 25.6 Å². The van der Waals surface area contributed by atoms with Crippen LogP contribution in [0.25, 0.3) is 0 Å². The maximum absolute atomic E-state index is 4.60. The van der Waals surface area contributed by atoms with Crippen LogP contribution in [-0.2, 0) is 0 Å². The number of nitrogens with one attached hydrogen (secondary N) is 2. The average molecular weight is 248 g/mol. The molecule has 2 rings (SSSR count). The second-order valence-corrected chi connectivity index (χ2v) is 5.48. The lowest BCUT2D eigenvalue weighted by Crippen LogP contribution is -2.08. The first-order chi connectivity index (χ1) is 8.69. The zero-order valence-electron chi connectivity index (χ0n) is 11.7. The summed E-state index contributed by atoms with van der Waals surface area (Å²) in [6.45, 7) is 5.51. The topological polar surface area (TPSA) is 49.8 Å². The van der Waals surface area contributed by atoms with Crippen molar-refractivity contribution in [2.24, 2.45) is 5.92 Å². The quantitative estimate of drug-likeness (QED) is 0.727. The van der Waals surface area contributed by atoms with E-state index in [0.29, 0.717) is 5.92 Å². The minimum absolute atomic E-state index is 0.592. The third kappa shape index (κ3) is 3.86. The van der Waals surface area contributed by atoms with Crippen molar-refractivity contribution < 1.29 is 0 Å². The number of hydrogen-bond acceptors (Lipinski definition) is 4. The summed E-state index contributed by atoms with van der Waals surface area (Å²) < 4.78 is 0. The first-order valence-electron chi connectivity index (χ1n) is 6.99.